The van der Waals surface area contributed by atoms with E-state index in [1.807, 2.05) is 0 Å². The van der Waals surface area contributed by atoms with E-state index in [0.717, 1.165) is 6.07 Å². The predicted octanol–water partition coefficient (Wildman–Crippen LogP) is 2.86. The number of nitrogens with one attached hydrogen (secondary N) is 2. The molecule has 0 saturated carbocycles. The number of halogens is 4. The Morgan fingerprint density at radius 2 is 1.90 bits per heavy atom. The molecule has 1 aromatic carbocycles. The number of amides is 1. The number of nitrogens with two attached hydrogens (primary N) is 2. The molecule has 3 rings (SSSR count). The molecular formula is C23H24F4N9O3+. The largest absolute Gasteiger partial charge is 0.419 e. The minimum atomic E-state index is -4.88. The van der Waals surface area contributed by atoms with Gasteiger partial charge in [-0.3, -0.25) is 10.5 Å². The Bertz CT molecular complexity index is 1470. The summed E-state index contributed by atoms with van der Waals surface area (Å²) in [6.45, 7) is 0.350. The van der Waals surface area contributed by atoms with E-state index in [0.29, 0.717) is 23.0 Å². The fraction of sp³-hybridized carbons (Fsp3) is 0.217. The van der Waals surface area contributed by atoms with Crippen LogP contribution in [-0.2, 0) is 11.0 Å². The highest BCUT2D eigenvalue weighted by Crippen LogP contribution is 2.34. The lowest BCUT2D eigenvalue weighted by Crippen LogP contribution is -2.43. The lowest BCUT2D eigenvalue weighted by molar-refractivity contribution is -0.880. The van der Waals surface area contributed by atoms with Gasteiger partial charge in [0.1, 0.15) is 30.3 Å². The number of benzene rings is 1. The van der Waals surface area contributed by atoms with Crippen molar-refractivity contribution in [3.8, 4) is 0 Å². The molecule has 0 fully saturated rings. The number of carbonyl (C=O) groups excluding carboxylic acids is 1. The molecule has 12 nitrogen and oxygen atoms in total. The number of anilines is 3. The minimum absolute atomic E-state index is 0.0646. The highest BCUT2D eigenvalue weighted by Gasteiger charge is 2.34. The van der Waals surface area contributed by atoms with E-state index in [1.165, 1.54) is 30.7 Å². The number of hydrogen-bond acceptors (Lipinski definition) is 9. The van der Waals surface area contributed by atoms with E-state index in [1.54, 1.807) is 14.1 Å². The van der Waals surface area contributed by atoms with E-state index in [4.69, 9.17) is 11.5 Å². The van der Waals surface area contributed by atoms with Crippen LogP contribution in [-0.4, -0.2) is 57.5 Å². The Labute approximate surface area is 218 Å². The van der Waals surface area contributed by atoms with Crippen LogP contribution < -0.4 is 22.1 Å². The van der Waals surface area contributed by atoms with Crippen molar-refractivity contribution in [1.82, 2.24) is 15.0 Å². The van der Waals surface area contributed by atoms with Crippen molar-refractivity contribution in [2.45, 2.75) is 6.18 Å². The average molecular weight is 550 g/mol. The number of alkyl halides is 3. The fourth-order valence-electron chi connectivity index (χ4n) is 3.42. The molecule has 2 aromatic heterocycles. The van der Waals surface area contributed by atoms with Crippen molar-refractivity contribution in [2.24, 2.45) is 11.5 Å². The first-order chi connectivity index (χ1) is 18.2. The first-order valence-electron chi connectivity index (χ1n) is 11.1. The van der Waals surface area contributed by atoms with Crippen molar-refractivity contribution in [2.75, 3.05) is 37.8 Å². The Morgan fingerprint density at radius 3 is 2.56 bits per heavy atom. The highest BCUT2D eigenvalue weighted by atomic mass is 19.4. The number of rotatable bonds is 9. The summed E-state index contributed by atoms with van der Waals surface area (Å²) in [5, 5.41) is 16.3. The van der Waals surface area contributed by atoms with Gasteiger partial charge >= 0.3 is 12.0 Å². The summed E-state index contributed by atoms with van der Waals surface area (Å²) in [5.74, 6) is -2.39. The summed E-state index contributed by atoms with van der Waals surface area (Å²) in [5.41, 5.74) is 9.75. The third-order valence-electron chi connectivity index (χ3n) is 5.30. The minimum Gasteiger partial charge on any atom is -0.391 e. The number of nitro groups is 1. The van der Waals surface area contributed by atoms with Gasteiger partial charge in [0, 0.05) is 17.1 Å². The number of pyridine rings is 1. The van der Waals surface area contributed by atoms with Crippen LogP contribution in [0, 0.1) is 15.9 Å². The monoisotopic (exact) mass is 550 g/mol. The van der Waals surface area contributed by atoms with E-state index < -0.39 is 34.2 Å². The number of carbonyl (C=O) groups is 1. The Kier molecular flexibility index (Phi) is 8.29. The van der Waals surface area contributed by atoms with Crippen LogP contribution in [0.25, 0.3) is 10.9 Å². The second kappa shape index (κ2) is 11.3. The number of fused-ring (bicyclic) bond motifs is 1. The molecule has 6 N–H and O–H groups in total. The Hall–Kier alpha value is -4.86. The fourth-order valence-corrected chi connectivity index (χ4v) is 3.42. The van der Waals surface area contributed by atoms with Crippen LogP contribution in [0.1, 0.15) is 5.56 Å². The van der Waals surface area contributed by atoms with Gasteiger partial charge in [-0.15, -0.1) is 0 Å². The summed E-state index contributed by atoms with van der Waals surface area (Å²) < 4.78 is 53.0. The third-order valence-corrected chi connectivity index (χ3v) is 5.30. The van der Waals surface area contributed by atoms with E-state index in [-0.39, 0.29) is 40.6 Å². The normalized spacial score (nSPS) is 12.9. The lowest BCUT2D eigenvalue weighted by atomic mass is 10.1. The number of quaternary nitrogens is 1. The van der Waals surface area contributed by atoms with Crippen LogP contribution in [0.4, 0.5) is 34.9 Å². The van der Waals surface area contributed by atoms with Crippen LogP contribution in [0.5, 0.6) is 0 Å². The standard InChI is InChI=1S/C23H23F4N9O3/c1-36(2,11-17(28)21(29)35(38)39)7-3-4-20(37)34-19-9-14-18(10-30-19)31-12-32-22(14)33-13-5-6-16(24)15(8-13)23(25,26)27/h3-6,8-10,12H,7,11H2,1-2H3,(H5-,28,29,30,31,32,33,34,37)/p+1/b4-3+. The van der Waals surface area contributed by atoms with Gasteiger partial charge in [0.2, 0.25) is 5.91 Å². The van der Waals surface area contributed by atoms with Gasteiger partial charge in [0.15, 0.2) is 5.70 Å². The summed E-state index contributed by atoms with van der Waals surface area (Å²) in [6, 6.07) is 3.86. The maximum atomic E-state index is 13.6. The van der Waals surface area contributed by atoms with Gasteiger partial charge in [-0.25, -0.2) is 19.3 Å². The van der Waals surface area contributed by atoms with Crippen molar-refractivity contribution >= 4 is 34.1 Å². The topological polar surface area (TPSA) is 175 Å². The van der Waals surface area contributed by atoms with Gasteiger partial charge in [-0.05, 0) is 35.3 Å². The quantitative estimate of drug-likeness (QED) is 0.103. The molecule has 3 aromatic rings. The molecule has 39 heavy (non-hydrogen) atoms. The molecule has 0 unspecified atom stereocenters. The first-order valence-corrected chi connectivity index (χ1v) is 11.1. The molecule has 0 saturated heterocycles. The van der Waals surface area contributed by atoms with Crippen LogP contribution in [0.3, 0.4) is 0 Å². The number of hydrogen-bond donors (Lipinski definition) is 4. The summed E-state index contributed by atoms with van der Waals surface area (Å²) >= 11 is 0. The molecule has 2 heterocycles. The summed E-state index contributed by atoms with van der Waals surface area (Å²) in [6.07, 6.45) is 0.393. The van der Waals surface area contributed by atoms with Gasteiger partial charge < -0.3 is 31.0 Å². The predicted molar refractivity (Wildman–Crippen MR) is 134 cm³/mol. The average Bonchev–Trinajstić information content (AvgIpc) is 2.83. The van der Waals surface area contributed by atoms with Crippen LogP contribution in [0.15, 0.2) is 60.5 Å². The van der Waals surface area contributed by atoms with E-state index >= 15 is 0 Å². The van der Waals surface area contributed by atoms with Crippen molar-refractivity contribution in [3.63, 3.8) is 0 Å². The van der Waals surface area contributed by atoms with Crippen molar-refractivity contribution < 1.29 is 31.8 Å². The summed E-state index contributed by atoms with van der Waals surface area (Å²) in [4.78, 5) is 34.6. The third kappa shape index (κ3) is 7.57. The molecule has 0 radical (unpaired) electrons. The van der Waals surface area contributed by atoms with Crippen molar-refractivity contribution in [1.29, 1.82) is 0 Å². The maximum Gasteiger partial charge on any atom is 0.419 e. The first kappa shape index (κ1) is 28.7. The molecule has 0 aliphatic heterocycles. The SMILES string of the molecule is C[N+](C)(C/C=C/C(=O)Nc1cc2c(Nc3ccc(F)c(C(F)(F)F)c3)ncnc2cn1)C/C(N)=C(/N)[N+](=O)[O-]. The van der Waals surface area contributed by atoms with E-state index in [2.05, 4.69) is 25.6 Å². The zero-order chi connectivity index (χ0) is 29.0. The number of nitrogens with zero attached hydrogens (tertiary/aromatic N) is 5. The molecule has 16 heteroatoms. The molecule has 1 amide bonds. The molecule has 0 aliphatic carbocycles. The zero-order valence-electron chi connectivity index (χ0n) is 20.7. The van der Waals surface area contributed by atoms with Gasteiger partial charge in [0.25, 0.3) is 0 Å². The molecule has 0 bridgehead atoms. The summed E-state index contributed by atoms with van der Waals surface area (Å²) in [7, 11) is 3.47. The molecule has 206 valence electrons. The molecule has 0 spiro atoms. The molecule has 0 aliphatic rings. The zero-order valence-corrected chi connectivity index (χ0v) is 20.7. The van der Waals surface area contributed by atoms with Crippen molar-refractivity contribution in [3.05, 3.63) is 82.0 Å². The smallest absolute Gasteiger partial charge is 0.391 e. The molecule has 0 atom stereocenters. The lowest BCUT2D eigenvalue weighted by Gasteiger charge is -2.28. The van der Waals surface area contributed by atoms with E-state index in [9.17, 15) is 32.5 Å². The Morgan fingerprint density at radius 1 is 1.18 bits per heavy atom. The van der Waals surface area contributed by atoms with Gasteiger partial charge in [0.05, 0.1) is 37.9 Å². The second-order valence-electron chi connectivity index (χ2n) is 8.96. The van der Waals surface area contributed by atoms with Crippen LogP contribution >= 0.6 is 0 Å². The number of likely N-dealkylation sites (N-methyl/N-ethyl adjacent to an activating group) is 1. The Balaban J connectivity index is 1.74. The van der Waals surface area contributed by atoms with Gasteiger partial charge in [-0.1, -0.05) is 0 Å². The van der Waals surface area contributed by atoms with Crippen LogP contribution in [0.2, 0.25) is 0 Å². The van der Waals surface area contributed by atoms with Gasteiger partial charge in [-0.2, -0.15) is 13.2 Å². The highest BCUT2D eigenvalue weighted by molar-refractivity contribution is 6.00. The number of aromatic nitrogens is 3. The molecular weight excluding hydrogens is 526 g/mol. The maximum absolute atomic E-state index is 13.6. The second-order valence-corrected chi connectivity index (χ2v) is 8.96.